The van der Waals surface area contributed by atoms with Crippen LogP contribution >= 0.6 is 0 Å². The van der Waals surface area contributed by atoms with Gasteiger partial charge in [-0.2, -0.15) is 5.10 Å². The lowest BCUT2D eigenvalue weighted by atomic mass is 9.95. The molecule has 1 aromatic heterocycles. The van der Waals surface area contributed by atoms with Gasteiger partial charge in [-0.15, -0.1) is 0 Å². The van der Waals surface area contributed by atoms with Crippen LogP contribution in [-0.4, -0.2) is 42.1 Å². The Morgan fingerprint density at radius 1 is 1.16 bits per heavy atom. The van der Waals surface area contributed by atoms with E-state index in [9.17, 15) is 0 Å². The zero-order valence-electron chi connectivity index (χ0n) is 15.1. The van der Waals surface area contributed by atoms with Crippen molar-refractivity contribution in [2.24, 2.45) is 5.92 Å². The number of benzene rings is 1. The second kappa shape index (κ2) is 7.18. The molecule has 134 valence electrons. The molecule has 0 amide bonds. The number of methoxy groups -OCH3 is 2. The van der Waals surface area contributed by atoms with E-state index >= 15 is 0 Å². The number of ether oxygens (including phenoxy) is 2. The summed E-state index contributed by atoms with van der Waals surface area (Å²) in [5.41, 5.74) is 3.91. The molecule has 1 atom stereocenters. The molecular weight excluding hydrogens is 314 g/mol. The van der Waals surface area contributed by atoms with Gasteiger partial charge in [0.15, 0.2) is 0 Å². The average Bonchev–Trinajstić information content (AvgIpc) is 3.33. The van der Waals surface area contributed by atoms with Crippen molar-refractivity contribution in [2.45, 2.75) is 38.4 Å². The summed E-state index contributed by atoms with van der Waals surface area (Å²) >= 11 is 0. The molecule has 1 fully saturated rings. The molecule has 0 radical (unpaired) electrons. The first-order chi connectivity index (χ1) is 12.2. The van der Waals surface area contributed by atoms with Crippen LogP contribution in [0.15, 0.2) is 30.5 Å². The fourth-order valence-corrected chi connectivity index (χ4v) is 3.74. The van der Waals surface area contributed by atoms with Crippen LogP contribution in [0, 0.1) is 5.92 Å². The van der Waals surface area contributed by atoms with E-state index in [1.807, 2.05) is 12.1 Å². The van der Waals surface area contributed by atoms with Gasteiger partial charge < -0.3 is 9.47 Å². The topological polar surface area (TPSA) is 39.5 Å². The molecule has 1 aliphatic carbocycles. The van der Waals surface area contributed by atoms with Crippen LogP contribution in [0.3, 0.4) is 0 Å². The molecule has 1 aromatic carbocycles. The summed E-state index contributed by atoms with van der Waals surface area (Å²) in [6.45, 7) is 4.69. The zero-order valence-corrected chi connectivity index (χ0v) is 15.1. The summed E-state index contributed by atoms with van der Waals surface area (Å²) in [6.07, 6.45) is 4.98. The Morgan fingerprint density at radius 2 is 1.96 bits per heavy atom. The predicted octanol–water partition coefficient (Wildman–Crippen LogP) is 3.05. The first kappa shape index (κ1) is 16.6. The molecule has 1 aliphatic heterocycles. The lowest BCUT2D eigenvalue weighted by Crippen LogP contribution is -2.34. The Kier molecular flexibility index (Phi) is 4.77. The van der Waals surface area contributed by atoms with Crippen molar-refractivity contribution in [1.29, 1.82) is 0 Å². The van der Waals surface area contributed by atoms with Gasteiger partial charge in [-0.1, -0.05) is 12.1 Å². The molecule has 2 heterocycles. The van der Waals surface area contributed by atoms with Gasteiger partial charge in [0.2, 0.25) is 0 Å². The van der Waals surface area contributed by atoms with E-state index in [1.165, 1.54) is 29.7 Å². The lowest BCUT2D eigenvalue weighted by Gasteiger charge is -2.31. The van der Waals surface area contributed by atoms with Gasteiger partial charge >= 0.3 is 0 Å². The molecular formula is C20H27N3O2. The minimum Gasteiger partial charge on any atom is -0.497 e. The van der Waals surface area contributed by atoms with Gasteiger partial charge in [-0.05, 0) is 36.5 Å². The number of rotatable bonds is 7. The van der Waals surface area contributed by atoms with Gasteiger partial charge in [0.1, 0.15) is 5.75 Å². The van der Waals surface area contributed by atoms with Crippen molar-refractivity contribution in [2.75, 3.05) is 27.4 Å². The monoisotopic (exact) mass is 341 g/mol. The summed E-state index contributed by atoms with van der Waals surface area (Å²) in [7, 11) is 3.49. The number of nitrogens with zero attached hydrogens (tertiary/aromatic N) is 3. The zero-order chi connectivity index (χ0) is 17.2. The molecule has 5 heteroatoms. The summed E-state index contributed by atoms with van der Waals surface area (Å²) in [6, 6.07) is 8.35. The quantitative estimate of drug-likeness (QED) is 0.776. The second-order valence-electron chi connectivity index (χ2n) is 7.37. The van der Waals surface area contributed by atoms with Crippen LogP contribution < -0.4 is 4.74 Å². The highest BCUT2D eigenvalue weighted by atomic mass is 16.5. The molecule has 1 saturated carbocycles. The Hall–Kier alpha value is -1.85. The minimum atomic E-state index is 0.403. The van der Waals surface area contributed by atoms with E-state index in [-0.39, 0.29) is 0 Å². The molecule has 4 rings (SSSR count). The average molecular weight is 341 g/mol. The molecule has 25 heavy (non-hydrogen) atoms. The molecule has 0 saturated heterocycles. The van der Waals surface area contributed by atoms with E-state index in [0.29, 0.717) is 5.92 Å². The third-order valence-electron chi connectivity index (χ3n) is 5.24. The fraction of sp³-hybridized carbons (Fsp3) is 0.550. The highest BCUT2D eigenvalue weighted by Gasteiger charge is 2.29. The highest BCUT2D eigenvalue weighted by molar-refractivity contribution is 5.29. The van der Waals surface area contributed by atoms with Crippen molar-refractivity contribution in [3.63, 3.8) is 0 Å². The van der Waals surface area contributed by atoms with Crippen molar-refractivity contribution in [3.8, 4) is 5.75 Å². The van der Waals surface area contributed by atoms with Crippen molar-refractivity contribution >= 4 is 0 Å². The third kappa shape index (κ3) is 3.88. The van der Waals surface area contributed by atoms with Gasteiger partial charge in [0.25, 0.3) is 0 Å². The molecule has 2 aromatic rings. The Bertz CT molecular complexity index is 706. The van der Waals surface area contributed by atoms with E-state index < -0.39 is 0 Å². The second-order valence-corrected chi connectivity index (χ2v) is 7.37. The largest absolute Gasteiger partial charge is 0.497 e. The highest BCUT2D eigenvalue weighted by Crippen LogP contribution is 2.33. The van der Waals surface area contributed by atoms with Crippen molar-refractivity contribution in [1.82, 2.24) is 14.7 Å². The standard InChI is InChI=1S/C20H27N3O2/c1-24-14-17-11-22(9-15-5-7-18(25-2)8-6-15)13-20-19(17)12-23(21-20)10-16-3-4-16/h5-8,12,16-17H,3-4,9-11,13-14H2,1-2H3. The maximum atomic E-state index is 5.49. The summed E-state index contributed by atoms with van der Waals surface area (Å²) in [4.78, 5) is 2.47. The molecule has 0 spiro atoms. The van der Waals surface area contributed by atoms with Crippen LogP contribution in [0.2, 0.25) is 0 Å². The SMILES string of the molecule is COCC1CN(Cc2ccc(OC)cc2)Cc2nn(CC3CC3)cc21. The van der Waals surface area contributed by atoms with Crippen molar-refractivity contribution in [3.05, 3.63) is 47.3 Å². The third-order valence-corrected chi connectivity index (χ3v) is 5.24. The smallest absolute Gasteiger partial charge is 0.118 e. The molecule has 1 unspecified atom stereocenters. The maximum absolute atomic E-state index is 5.49. The van der Waals surface area contributed by atoms with Gasteiger partial charge in [-0.25, -0.2) is 0 Å². The molecule has 5 nitrogen and oxygen atoms in total. The van der Waals surface area contributed by atoms with Crippen LogP contribution in [-0.2, 0) is 24.4 Å². The number of hydrogen-bond donors (Lipinski definition) is 0. The normalized spacial score (nSPS) is 20.5. The minimum absolute atomic E-state index is 0.403. The molecule has 0 N–H and O–H groups in total. The molecule has 2 aliphatic rings. The molecule has 0 bridgehead atoms. The van der Waals surface area contributed by atoms with E-state index in [0.717, 1.165) is 44.5 Å². The Labute approximate surface area is 149 Å². The van der Waals surface area contributed by atoms with Crippen LogP contribution in [0.4, 0.5) is 0 Å². The lowest BCUT2D eigenvalue weighted by molar-refractivity contribution is 0.135. The van der Waals surface area contributed by atoms with E-state index in [1.54, 1.807) is 14.2 Å². The van der Waals surface area contributed by atoms with Gasteiger partial charge in [0, 0.05) is 51.0 Å². The summed E-state index contributed by atoms with van der Waals surface area (Å²) in [5.74, 6) is 2.15. The number of fused-ring (bicyclic) bond motifs is 1. The summed E-state index contributed by atoms with van der Waals surface area (Å²) < 4.78 is 12.9. The van der Waals surface area contributed by atoms with Crippen LogP contribution in [0.25, 0.3) is 0 Å². The first-order valence-electron chi connectivity index (χ1n) is 9.15. The summed E-state index contributed by atoms with van der Waals surface area (Å²) in [5, 5.41) is 4.88. The van der Waals surface area contributed by atoms with Crippen molar-refractivity contribution < 1.29 is 9.47 Å². The van der Waals surface area contributed by atoms with E-state index in [4.69, 9.17) is 14.6 Å². The first-order valence-corrected chi connectivity index (χ1v) is 9.15. The van der Waals surface area contributed by atoms with Crippen LogP contribution in [0.5, 0.6) is 5.75 Å². The maximum Gasteiger partial charge on any atom is 0.118 e. The Balaban J connectivity index is 1.49. The van der Waals surface area contributed by atoms with E-state index in [2.05, 4.69) is 27.9 Å². The number of aromatic nitrogens is 2. The van der Waals surface area contributed by atoms with Gasteiger partial charge in [0.05, 0.1) is 19.4 Å². The van der Waals surface area contributed by atoms with Crippen LogP contribution in [0.1, 0.15) is 35.6 Å². The van der Waals surface area contributed by atoms with Gasteiger partial charge in [-0.3, -0.25) is 9.58 Å². The number of hydrogen-bond acceptors (Lipinski definition) is 4. The fourth-order valence-electron chi connectivity index (χ4n) is 3.74. The predicted molar refractivity (Wildman–Crippen MR) is 96.7 cm³/mol. The Morgan fingerprint density at radius 3 is 2.64 bits per heavy atom.